The third-order valence-electron chi connectivity index (χ3n) is 7.98. The van der Waals surface area contributed by atoms with E-state index in [1.807, 2.05) is 0 Å². The average molecular weight is 482 g/mol. The first-order chi connectivity index (χ1) is 17.3. The third-order valence-corrected chi connectivity index (χ3v) is 9.03. The van der Waals surface area contributed by atoms with E-state index in [2.05, 4.69) is 90.4 Å². The Balaban J connectivity index is 1.38. The van der Waals surface area contributed by atoms with Crippen LogP contribution in [0.15, 0.2) is 93.8 Å². The van der Waals surface area contributed by atoms with Gasteiger partial charge in [0.25, 0.3) is 0 Å². The smallest absolute Gasteiger partial charge is 0.387 e. The molecule has 1 aromatic heterocycles. The van der Waals surface area contributed by atoms with Crippen LogP contribution < -0.4 is 4.52 Å². The Morgan fingerprint density at radius 2 is 1.51 bits per heavy atom. The van der Waals surface area contributed by atoms with Crippen molar-refractivity contribution in [3.63, 3.8) is 0 Å². The summed E-state index contributed by atoms with van der Waals surface area (Å²) in [5.41, 5.74) is 1.64. The number of rotatable bonds is 4. The zero-order chi connectivity index (χ0) is 23.4. The normalized spacial score (nSPS) is 23.9. The number of hydrogen-bond acceptors (Lipinski definition) is 4. The standard InChI is InChI=1S/C30H28NO3P/c1-2-20-18-31-16-15-23(20)17-24(31)19-32-35-33-27-13-11-21-7-3-5-9-25(21)29(27)30-26-10-6-4-8-22(26)12-14-28(30)34-35/h2-14,20,23-24H,1,15-19H2/t20-,23-,24+/m0/s1. The molecule has 0 spiro atoms. The lowest BCUT2D eigenvalue weighted by molar-refractivity contribution is 0.00435. The molecule has 8 rings (SSSR count). The van der Waals surface area contributed by atoms with Gasteiger partial charge in [0.2, 0.25) is 0 Å². The second-order valence-corrected chi connectivity index (χ2v) is 10.9. The molecule has 3 aliphatic rings. The summed E-state index contributed by atoms with van der Waals surface area (Å²) in [6.45, 7) is 6.91. The molecule has 4 nitrogen and oxygen atoms in total. The number of fused-ring (bicyclic) bond motifs is 10. The SMILES string of the molecule is C=C[C@H]1CN2CC[C@H]1C[C@@H]2COp1oc2ccc3ccccc3c2c2c(ccc3ccccc32)o1. The van der Waals surface area contributed by atoms with E-state index >= 15 is 0 Å². The van der Waals surface area contributed by atoms with Crippen LogP contribution in [-0.4, -0.2) is 30.6 Å². The van der Waals surface area contributed by atoms with Gasteiger partial charge in [-0.1, -0.05) is 66.7 Å². The van der Waals surface area contributed by atoms with Gasteiger partial charge in [-0.05, 0) is 64.9 Å². The molecule has 1 unspecified atom stereocenters. The minimum atomic E-state index is -1.58. The van der Waals surface area contributed by atoms with E-state index in [4.69, 9.17) is 12.9 Å². The van der Waals surface area contributed by atoms with Crippen molar-refractivity contribution in [1.82, 2.24) is 4.90 Å². The van der Waals surface area contributed by atoms with Crippen LogP contribution in [0.4, 0.5) is 0 Å². The van der Waals surface area contributed by atoms with Crippen LogP contribution in [-0.2, 0) is 0 Å². The predicted molar refractivity (Wildman–Crippen MR) is 145 cm³/mol. The maximum absolute atomic E-state index is 6.50. The summed E-state index contributed by atoms with van der Waals surface area (Å²) >= 11 is 0. The topological polar surface area (TPSA) is 38.8 Å². The Labute approximate surface area is 205 Å². The van der Waals surface area contributed by atoms with Gasteiger partial charge >= 0.3 is 8.24 Å². The molecule has 4 heterocycles. The fraction of sp³-hybridized carbons (Fsp3) is 0.267. The molecular formula is C30H28NO3P. The van der Waals surface area contributed by atoms with Gasteiger partial charge in [0.1, 0.15) is 11.2 Å². The van der Waals surface area contributed by atoms with E-state index < -0.39 is 8.24 Å². The zero-order valence-corrected chi connectivity index (χ0v) is 20.5. The van der Waals surface area contributed by atoms with Gasteiger partial charge in [0.15, 0.2) is 0 Å². The molecule has 35 heavy (non-hydrogen) atoms. The number of piperidine rings is 3. The summed E-state index contributed by atoms with van der Waals surface area (Å²) in [5.74, 6) is 1.32. The molecule has 0 radical (unpaired) electrons. The van der Waals surface area contributed by atoms with Crippen molar-refractivity contribution in [3.8, 4) is 0 Å². The summed E-state index contributed by atoms with van der Waals surface area (Å²) in [7, 11) is -1.58. The van der Waals surface area contributed by atoms with Gasteiger partial charge < -0.3 is 8.39 Å². The van der Waals surface area contributed by atoms with E-state index in [1.54, 1.807) is 0 Å². The highest BCUT2D eigenvalue weighted by atomic mass is 31.1. The van der Waals surface area contributed by atoms with Gasteiger partial charge in [-0.25, -0.2) is 0 Å². The van der Waals surface area contributed by atoms with E-state index in [-0.39, 0.29) is 0 Å². The minimum Gasteiger partial charge on any atom is -0.399 e. The van der Waals surface area contributed by atoms with E-state index in [9.17, 15) is 0 Å². The van der Waals surface area contributed by atoms with Crippen LogP contribution in [0.25, 0.3) is 43.5 Å². The van der Waals surface area contributed by atoms with Gasteiger partial charge in [0, 0.05) is 23.4 Å². The van der Waals surface area contributed by atoms with E-state index in [1.165, 1.54) is 17.2 Å². The molecule has 0 saturated carbocycles. The van der Waals surface area contributed by atoms with Crippen molar-refractivity contribution in [2.45, 2.75) is 18.9 Å². The first-order valence-electron chi connectivity index (χ1n) is 12.5. The zero-order valence-electron chi connectivity index (χ0n) is 19.6. The molecular weight excluding hydrogens is 453 g/mol. The van der Waals surface area contributed by atoms with Crippen molar-refractivity contribution in [2.75, 3.05) is 19.7 Å². The van der Waals surface area contributed by atoms with E-state index in [0.717, 1.165) is 52.2 Å². The second-order valence-electron chi connectivity index (χ2n) is 9.85. The first kappa shape index (κ1) is 21.3. The number of hydrogen-bond donors (Lipinski definition) is 0. The predicted octanol–water partition coefficient (Wildman–Crippen LogP) is 7.92. The molecule has 4 aromatic carbocycles. The fourth-order valence-corrected chi connectivity index (χ4v) is 7.23. The summed E-state index contributed by atoms with van der Waals surface area (Å²) in [5, 5.41) is 6.85. The maximum Gasteiger partial charge on any atom is 0.387 e. The molecule has 3 saturated heterocycles. The Kier molecular flexibility index (Phi) is 5.20. The van der Waals surface area contributed by atoms with Crippen molar-refractivity contribution in [1.29, 1.82) is 0 Å². The highest BCUT2D eigenvalue weighted by molar-refractivity contribution is 7.31. The Morgan fingerprint density at radius 3 is 2.09 bits per heavy atom. The van der Waals surface area contributed by atoms with Gasteiger partial charge in [-0.15, -0.1) is 6.58 Å². The van der Waals surface area contributed by atoms with Crippen molar-refractivity contribution in [3.05, 3.63) is 85.5 Å². The molecule has 0 aliphatic carbocycles. The second kappa shape index (κ2) is 8.57. The summed E-state index contributed by atoms with van der Waals surface area (Å²) < 4.78 is 19.4. The molecule has 5 aromatic rings. The molecule has 0 N–H and O–H groups in total. The number of benzene rings is 4. The van der Waals surface area contributed by atoms with Gasteiger partial charge in [0.05, 0.1) is 6.61 Å². The Bertz CT molecular complexity index is 1530. The largest absolute Gasteiger partial charge is 0.399 e. The Hall–Kier alpha value is -3.04. The maximum atomic E-state index is 6.50. The first-order valence-corrected chi connectivity index (χ1v) is 13.6. The molecule has 3 aliphatic heterocycles. The quantitative estimate of drug-likeness (QED) is 0.244. The van der Waals surface area contributed by atoms with Crippen LogP contribution in [0.3, 0.4) is 0 Å². The van der Waals surface area contributed by atoms with Crippen LogP contribution in [0.5, 0.6) is 0 Å². The average Bonchev–Trinajstić information content (AvgIpc) is 3.09. The molecule has 176 valence electrons. The van der Waals surface area contributed by atoms with Gasteiger partial charge in [-0.3, -0.25) is 9.42 Å². The van der Waals surface area contributed by atoms with E-state index in [0.29, 0.717) is 24.5 Å². The Morgan fingerprint density at radius 1 is 0.886 bits per heavy atom. The minimum absolute atomic E-state index is 0.412. The summed E-state index contributed by atoms with van der Waals surface area (Å²) in [6, 6.07) is 25.7. The molecule has 0 amide bonds. The lowest BCUT2D eigenvalue weighted by Crippen LogP contribution is -2.54. The van der Waals surface area contributed by atoms with Crippen LogP contribution in [0, 0.1) is 11.8 Å². The molecule has 2 bridgehead atoms. The fourth-order valence-electron chi connectivity index (χ4n) is 6.17. The van der Waals surface area contributed by atoms with Crippen molar-refractivity contribution in [2.24, 2.45) is 11.8 Å². The highest BCUT2D eigenvalue weighted by Crippen LogP contribution is 2.41. The summed E-state index contributed by atoms with van der Waals surface area (Å²) in [4.78, 5) is 2.56. The monoisotopic (exact) mass is 481 g/mol. The van der Waals surface area contributed by atoms with Crippen LogP contribution in [0.1, 0.15) is 12.8 Å². The van der Waals surface area contributed by atoms with Crippen LogP contribution >= 0.6 is 8.24 Å². The van der Waals surface area contributed by atoms with Gasteiger partial charge in [-0.2, -0.15) is 0 Å². The molecule has 3 fully saturated rings. The highest BCUT2D eigenvalue weighted by Gasteiger charge is 2.39. The molecule has 4 atom stereocenters. The lowest BCUT2D eigenvalue weighted by Gasteiger charge is -2.48. The number of nitrogens with zero attached hydrogens (tertiary/aromatic N) is 1. The van der Waals surface area contributed by atoms with Crippen LogP contribution in [0.2, 0.25) is 0 Å². The third kappa shape index (κ3) is 3.60. The lowest BCUT2D eigenvalue weighted by atomic mass is 9.76. The van der Waals surface area contributed by atoms with Crippen molar-refractivity contribution >= 4 is 51.7 Å². The summed E-state index contributed by atoms with van der Waals surface area (Å²) in [6.07, 6.45) is 4.55. The molecule has 5 heteroatoms. The van der Waals surface area contributed by atoms with Crippen molar-refractivity contribution < 1.29 is 12.9 Å².